The first-order chi connectivity index (χ1) is 11.3. The second kappa shape index (κ2) is 8.47. The van der Waals surface area contributed by atoms with Crippen molar-refractivity contribution in [2.24, 2.45) is 0 Å². The molecule has 3 heteroatoms. The number of hydrogen-bond donors (Lipinski definition) is 0. The third-order valence-electron chi connectivity index (χ3n) is 4.39. The van der Waals surface area contributed by atoms with E-state index >= 15 is 0 Å². The van der Waals surface area contributed by atoms with Crippen LogP contribution in [0.4, 0.5) is 0 Å². The van der Waals surface area contributed by atoms with E-state index in [1.807, 2.05) is 0 Å². The standard InChI is InChI=1S/C20H17.2ClH.Zr/c1-3-7-19-15(5-1)9-11-17(19)13-14-18-12-10-16-6-2-4-8-20(16)18;;;/h1-13,17-18H,14H2;2*1H;/q-1;;;+2/p-2. The molecule has 2 aliphatic rings. The van der Waals surface area contributed by atoms with Gasteiger partial charge >= 0.3 is 37.9 Å². The van der Waals surface area contributed by atoms with Gasteiger partial charge in [-0.15, -0.1) is 12.0 Å². The predicted octanol–water partition coefficient (Wildman–Crippen LogP) is 6.58. The SMILES string of the molecule is C1=CC([CH-]CC2C=Cc3ccccc32)c2ccccc21.[Cl][Zr][Cl]. The van der Waals surface area contributed by atoms with E-state index in [0.29, 0.717) is 11.8 Å². The average Bonchev–Trinajstić information content (AvgIpc) is 3.18. The molecule has 0 N–H and O–H groups in total. The molecular weight excluding hydrogens is 402 g/mol. The van der Waals surface area contributed by atoms with Crippen molar-refractivity contribution in [1.29, 1.82) is 0 Å². The van der Waals surface area contributed by atoms with Crippen LogP contribution in [0, 0.1) is 6.42 Å². The minimum absolute atomic E-state index is 0.479. The van der Waals surface area contributed by atoms with Crippen molar-refractivity contribution in [1.82, 2.24) is 0 Å². The predicted molar refractivity (Wildman–Crippen MR) is 97.1 cm³/mol. The maximum absolute atomic E-state index is 4.93. The van der Waals surface area contributed by atoms with Crippen molar-refractivity contribution in [2.75, 3.05) is 0 Å². The Morgan fingerprint density at radius 3 is 2.13 bits per heavy atom. The normalized spacial score (nSPS) is 19.7. The summed E-state index contributed by atoms with van der Waals surface area (Å²) in [4.78, 5) is 0. The van der Waals surface area contributed by atoms with Crippen LogP contribution in [0.25, 0.3) is 12.2 Å². The summed E-state index contributed by atoms with van der Waals surface area (Å²) >= 11 is -0.826. The molecule has 2 aromatic rings. The van der Waals surface area contributed by atoms with Crippen molar-refractivity contribution >= 4 is 29.2 Å². The van der Waals surface area contributed by atoms with Crippen molar-refractivity contribution in [2.45, 2.75) is 18.3 Å². The molecule has 0 radical (unpaired) electrons. The summed E-state index contributed by atoms with van der Waals surface area (Å²) in [6, 6.07) is 17.4. The second-order valence-electron chi connectivity index (χ2n) is 5.65. The van der Waals surface area contributed by atoms with Crippen molar-refractivity contribution < 1.29 is 20.8 Å². The van der Waals surface area contributed by atoms with E-state index in [1.54, 1.807) is 0 Å². The first kappa shape index (κ1) is 17.2. The summed E-state index contributed by atoms with van der Waals surface area (Å²) in [5, 5.41) is 0. The molecule has 0 heterocycles. The molecule has 0 amide bonds. The monoisotopic (exact) mass is 417 g/mol. The minimum atomic E-state index is -0.826. The Bertz CT molecular complexity index is 660. The van der Waals surface area contributed by atoms with Crippen LogP contribution in [-0.4, -0.2) is 0 Å². The van der Waals surface area contributed by atoms with Crippen LogP contribution in [0.1, 0.15) is 40.5 Å². The first-order valence-corrected chi connectivity index (χ1v) is 14.0. The Morgan fingerprint density at radius 2 is 1.39 bits per heavy atom. The fourth-order valence-electron chi connectivity index (χ4n) is 3.31. The van der Waals surface area contributed by atoms with Gasteiger partial charge in [-0.25, -0.2) is 0 Å². The Hall–Kier alpha value is -0.617. The molecule has 0 saturated carbocycles. The van der Waals surface area contributed by atoms with Crippen LogP contribution in [-0.2, 0) is 20.8 Å². The molecule has 0 saturated heterocycles. The van der Waals surface area contributed by atoms with Crippen LogP contribution in [0.2, 0.25) is 0 Å². The van der Waals surface area contributed by atoms with E-state index in [2.05, 4.69) is 79.3 Å². The van der Waals surface area contributed by atoms with Crippen molar-refractivity contribution in [3.63, 3.8) is 0 Å². The zero-order chi connectivity index (χ0) is 16.1. The number of rotatable bonds is 3. The molecule has 0 nitrogen and oxygen atoms in total. The summed E-state index contributed by atoms with van der Waals surface area (Å²) in [6.45, 7) is 0. The molecule has 0 fully saturated rings. The molecule has 2 unspecified atom stereocenters. The third kappa shape index (κ3) is 4.08. The molecule has 2 atom stereocenters. The summed E-state index contributed by atoms with van der Waals surface area (Å²) in [6.07, 6.45) is 12.7. The molecule has 0 aliphatic heterocycles. The van der Waals surface area contributed by atoms with E-state index < -0.39 is 20.8 Å². The fraction of sp³-hybridized carbons (Fsp3) is 0.150. The molecule has 0 spiro atoms. The topological polar surface area (TPSA) is 0 Å². The summed E-state index contributed by atoms with van der Waals surface area (Å²) < 4.78 is 0. The summed E-state index contributed by atoms with van der Waals surface area (Å²) in [7, 11) is 9.87. The zero-order valence-electron chi connectivity index (χ0n) is 12.6. The summed E-state index contributed by atoms with van der Waals surface area (Å²) in [5.74, 6) is 1.03. The quantitative estimate of drug-likeness (QED) is 0.493. The molecule has 23 heavy (non-hydrogen) atoms. The number of benzene rings is 2. The molecule has 4 rings (SSSR count). The van der Waals surface area contributed by atoms with Crippen molar-refractivity contribution in [3.05, 3.63) is 89.4 Å². The van der Waals surface area contributed by atoms with Gasteiger partial charge in [0.25, 0.3) is 0 Å². The van der Waals surface area contributed by atoms with Gasteiger partial charge in [0, 0.05) is 0 Å². The third-order valence-corrected chi connectivity index (χ3v) is 4.39. The number of halogens is 2. The van der Waals surface area contributed by atoms with Crippen molar-refractivity contribution in [3.8, 4) is 0 Å². The van der Waals surface area contributed by atoms with Crippen LogP contribution in [0.3, 0.4) is 0 Å². The van der Waals surface area contributed by atoms with Crippen LogP contribution in [0.15, 0.2) is 60.7 Å². The molecule has 0 bridgehead atoms. The molecule has 0 aromatic heterocycles. The van der Waals surface area contributed by atoms with Gasteiger partial charge in [0.2, 0.25) is 0 Å². The van der Waals surface area contributed by atoms with E-state index in [9.17, 15) is 0 Å². The first-order valence-electron chi connectivity index (χ1n) is 7.67. The van der Waals surface area contributed by atoms with Crippen LogP contribution >= 0.6 is 17.0 Å². The van der Waals surface area contributed by atoms with Gasteiger partial charge < -0.3 is 6.42 Å². The van der Waals surface area contributed by atoms with E-state index in [1.165, 1.54) is 22.3 Å². The van der Waals surface area contributed by atoms with E-state index in [-0.39, 0.29) is 0 Å². The van der Waals surface area contributed by atoms with E-state index in [4.69, 9.17) is 17.0 Å². The molecule has 2 aliphatic carbocycles. The van der Waals surface area contributed by atoms with Gasteiger partial charge in [-0.2, -0.15) is 6.42 Å². The van der Waals surface area contributed by atoms with Gasteiger partial charge in [-0.1, -0.05) is 72.3 Å². The number of allylic oxidation sites excluding steroid dienone is 2. The van der Waals surface area contributed by atoms with Gasteiger partial charge in [0.05, 0.1) is 0 Å². The maximum atomic E-state index is 4.93. The average molecular weight is 419 g/mol. The molecule has 2 aromatic carbocycles. The Labute approximate surface area is 156 Å². The molecule has 116 valence electrons. The fourth-order valence-corrected chi connectivity index (χ4v) is 3.31. The van der Waals surface area contributed by atoms with Gasteiger partial charge in [0.1, 0.15) is 0 Å². The number of fused-ring (bicyclic) bond motifs is 2. The number of hydrogen-bond acceptors (Lipinski definition) is 0. The van der Waals surface area contributed by atoms with Crippen LogP contribution < -0.4 is 0 Å². The van der Waals surface area contributed by atoms with E-state index in [0.717, 1.165) is 6.42 Å². The Kier molecular flexibility index (Phi) is 6.34. The van der Waals surface area contributed by atoms with Crippen LogP contribution in [0.5, 0.6) is 0 Å². The van der Waals surface area contributed by atoms with Gasteiger partial charge in [-0.05, 0) is 22.6 Å². The zero-order valence-corrected chi connectivity index (χ0v) is 16.6. The summed E-state index contributed by atoms with van der Waals surface area (Å²) in [5.41, 5.74) is 5.67. The molecular formula is C20H17Cl2Zr-. The van der Waals surface area contributed by atoms with Gasteiger partial charge in [-0.3, -0.25) is 0 Å². The Morgan fingerprint density at radius 1 is 0.826 bits per heavy atom. The Balaban J connectivity index is 0.000000485. The second-order valence-corrected chi connectivity index (χ2v) is 9.38. The van der Waals surface area contributed by atoms with Gasteiger partial charge in [0.15, 0.2) is 0 Å².